The Morgan fingerprint density at radius 1 is 0.862 bits per heavy atom. The Labute approximate surface area is 172 Å². The predicted molar refractivity (Wildman–Crippen MR) is 119 cm³/mol. The lowest BCUT2D eigenvalue weighted by atomic mass is 10.1. The van der Waals surface area contributed by atoms with Gasteiger partial charge in [-0.3, -0.25) is 4.72 Å². The third kappa shape index (κ3) is 5.23. The van der Waals surface area contributed by atoms with Gasteiger partial charge in [-0.1, -0.05) is 44.4 Å². The van der Waals surface area contributed by atoms with E-state index in [4.69, 9.17) is 0 Å². The maximum atomic E-state index is 13.0. The van der Waals surface area contributed by atoms with Gasteiger partial charge in [-0.15, -0.1) is 0 Å². The molecule has 29 heavy (non-hydrogen) atoms. The number of benzene rings is 2. The number of para-hydroxylation sites is 2. The van der Waals surface area contributed by atoms with Gasteiger partial charge in [0.1, 0.15) is 0 Å². The number of fused-ring (bicyclic) bond motifs is 1. The Morgan fingerprint density at radius 2 is 1.55 bits per heavy atom. The number of unbranched alkanes of at least 4 members (excludes halogenated alkanes) is 3. The fourth-order valence-corrected chi connectivity index (χ4v) is 4.11. The average molecular weight is 413 g/mol. The van der Waals surface area contributed by atoms with Crippen molar-refractivity contribution in [2.75, 3.05) is 16.6 Å². The van der Waals surface area contributed by atoms with Gasteiger partial charge in [-0.25, -0.2) is 18.4 Å². The fourth-order valence-electron chi connectivity index (χ4n) is 3.02. The molecule has 0 atom stereocenters. The van der Waals surface area contributed by atoms with Crippen LogP contribution in [0.25, 0.3) is 11.0 Å². The molecule has 0 radical (unpaired) electrons. The van der Waals surface area contributed by atoms with E-state index in [-0.39, 0.29) is 10.7 Å². The first-order valence-corrected chi connectivity index (χ1v) is 11.5. The Balaban J connectivity index is 1.91. The van der Waals surface area contributed by atoms with Crippen LogP contribution in [0.1, 0.15) is 43.7 Å². The first-order chi connectivity index (χ1) is 13.9. The van der Waals surface area contributed by atoms with E-state index in [1.807, 2.05) is 44.2 Å². The molecule has 0 bridgehead atoms. The van der Waals surface area contributed by atoms with Crippen LogP contribution in [0.5, 0.6) is 0 Å². The quantitative estimate of drug-likeness (QED) is 0.481. The molecule has 0 aliphatic rings. The van der Waals surface area contributed by atoms with Crippen LogP contribution >= 0.6 is 0 Å². The molecule has 0 aliphatic carbocycles. The van der Waals surface area contributed by atoms with Crippen LogP contribution < -0.4 is 10.0 Å². The zero-order valence-electron chi connectivity index (χ0n) is 17.2. The minimum Gasteiger partial charge on any atom is -0.367 e. The van der Waals surface area contributed by atoms with E-state index in [1.165, 1.54) is 6.42 Å². The number of nitrogens with one attached hydrogen (secondary N) is 2. The summed E-state index contributed by atoms with van der Waals surface area (Å²) in [7, 11) is -3.78. The summed E-state index contributed by atoms with van der Waals surface area (Å²) in [5.74, 6) is 0.671. The average Bonchev–Trinajstić information content (AvgIpc) is 2.69. The van der Waals surface area contributed by atoms with Crippen LogP contribution in [0.4, 0.5) is 11.6 Å². The van der Waals surface area contributed by atoms with Crippen LogP contribution in [-0.4, -0.2) is 24.9 Å². The molecule has 0 saturated heterocycles. The molecule has 0 unspecified atom stereocenters. The monoisotopic (exact) mass is 412 g/mol. The van der Waals surface area contributed by atoms with E-state index in [1.54, 1.807) is 12.1 Å². The van der Waals surface area contributed by atoms with Gasteiger partial charge in [-0.2, -0.15) is 0 Å². The van der Waals surface area contributed by atoms with Crippen LogP contribution in [0.15, 0.2) is 47.4 Å². The lowest BCUT2D eigenvalue weighted by Crippen LogP contribution is -2.17. The third-order valence-electron chi connectivity index (χ3n) is 4.91. The number of rotatable bonds is 9. The van der Waals surface area contributed by atoms with Gasteiger partial charge in [-0.05, 0) is 55.7 Å². The lowest BCUT2D eigenvalue weighted by Gasteiger charge is -2.14. The molecule has 6 nitrogen and oxygen atoms in total. The van der Waals surface area contributed by atoms with Gasteiger partial charge in [0.2, 0.25) is 0 Å². The molecule has 0 spiro atoms. The molecule has 3 aromatic rings. The summed E-state index contributed by atoms with van der Waals surface area (Å²) < 4.78 is 28.6. The molecule has 0 aliphatic heterocycles. The molecule has 2 aromatic carbocycles. The number of nitrogens with zero attached hydrogens (tertiary/aromatic N) is 2. The van der Waals surface area contributed by atoms with Gasteiger partial charge >= 0.3 is 0 Å². The molecule has 1 heterocycles. The maximum Gasteiger partial charge on any atom is 0.263 e. The van der Waals surface area contributed by atoms with E-state index in [0.29, 0.717) is 17.9 Å². The third-order valence-corrected chi connectivity index (χ3v) is 6.25. The van der Waals surface area contributed by atoms with Crippen molar-refractivity contribution in [1.82, 2.24) is 9.97 Å². The summed E-state index contributed by atoms with van der Waals surface area (Å²) in [4.78, 5) is 9.34. The summed E-state index contributed by atoms with van der Waals surface area (Å²) in [6.07, 6.45) is 4.45. The highest BCUT2D eigenvalue weighted by Gasteiger charge is 2.19. The summed E-state index contributed by atoms with van der Waals surface area (Å²) in [6, 6.07) is 12.5. The summed E-state index contributed by atoms with van der Waals surface area (Å²) >= 11 is 0. The zero-order valence-corrected chi connectivity index (χ0v) is 18.0. The van der Waals surface area contributed by atoms with Gasteiger partial charge in [0, 0.05) is 6.54 Å². The summed E-state index contributed by atoms with van der Waals surface area (Å²) in [6.45, 7) is 6.73. The van der Waals surface area contributed by atoms with Crippen molar-refractivity contribution in [3.05, 3.63) is 53.6 Å². The van der Waals surface area contributed by atoms with Gasteiger partial charge in [0.15, 0.2) is 11.6 Å². The standard InChI is InChI=1S/C22H28N4O2S/c1-4-5-6-9-14-23-21-22(25-20-11-8-7-10-19(20)24-21)26-29(27,28)18-13-12-16(2)17(3)15-18/h7-8,10-13,15H,4-6,9,14H2,1-3H3,(H,23,24)(H,25,26). The molecule has 0 fully saturated rings. The number of hydrogen-bond acceptors (Lipinski definition) is 5. The minimum atomic E-state index is -3.78. The topological polar surface area (TPSA) is 84.0 Å². The van der Waals surface area contributed by atoms with Crippen LogP contribution in [0.2, 0.25) is 0 Å². The normalized spacial score (nSPS) is 11.6. The number of anilines is 2. The predicted octanol–water partition coefficient (Wildman–Crippen LogP) is 5.04. The van der Waals surface area contributed by atoms with Crippen molar-refractivity contribution in [3.63, 3.8) is 0 Å². The highest BCUT2D eigenvalue weighted by atomic mass is 32.2. The second kappa shape index (κ2) is 9.22. The SMILES string of the molecule is CCCCCCNc1nc2ccccc2nc1NS(=O)(=O)c1ccc(C)c(C)c1. The number of hydrogen-bond donors (Lipinski definition) is 2. The largest absolute Gasteiger partial charge is 0.367 e. The van der Waals surface area contributed by atoms with E-state index in [9.17, 15) is 8.42 Å². The maximum absolute atomic E-state index is 13.0. The lowest BCUT2D eigenvalue weighted by molar-refractivity contribution is 0.601. The second-order valence-electron chi connectivity index (χ2n) is 7.25. The number of aryl methyl sites for hydroxylation is 2. The smallest absolute Gasteiger partial charge is 0.263 e. The van der Waals surface area contributed by atoms with Crippen molar-refractivity contribution in [2.45, 2.75) is 51.3 Å². The van der Waals surface area contributed by atoms with Gasteiger partial charge in [0.05, 0.1) is 15.9 Å². The highest BCUT2D eigenvalue weighted by molar-refractivity contribution is 7.92. The first-order valence-electron chi connectivity index (χ1n) is 10.0. The molecule has 3 rings (SSSR count). The Hall–Kier alpha value is -2.67. The van der Waals surface area contributed by atoms with Gasteiger partial charge in [0.25, 0.3) is 10.0 Å². The number of aromatic nitrogens is 2. The minimum absolute atomic E-state index is 0.212. The zero-order chi connectivity index (χ0) is 20.9. The Morgan fingerprint density at radius 3 is 2.21 bits per heavy atom. The molecule has 1 aromatic heterocycles. The Bertz CT molecular complexity index is 1100. The van der Waals surface area contributed by atoms with Crippen LogP contribution in [0, 0.1) is 13.8 Å². The fraction of sp³-hybridized carbons (Fsp3) is 0.364. The van der Waals surface area contributed by atoms with E-state index in [0.717, 1.165) is 35.9 Å². The van der Waals surface area contributed by atoms with Crippen molar-refractivity contribution in [3.8, 4) is 0 Å². The van der Waals surface area contributed by atoms with Gasteiger partial charge < -0.3 is 5.32 Å². The molecule has 0 amide bonds. The van der Waals surface area contributed by atoms with Crippen LogP contribution in [0.3, 0.4) is 0 Å². The summed E-state index contributed by atoms with van der Waals surface area (Å²) in [5.41, 5.74) is 3.33. The van der Waals surface area contributed by atoms with Crippen LogP contribution in [-0.2, 0) is 10.0 Å². The number of sulfonamides is 1. The molecular weight excluding hydrogens is 384 g/mol. The first kappa shape index (κ1) is 21.0. The van der Waals surface area contributed by atoms with Crippen molar-refractivity contribution in [2.24, 2.45) is 0 Å². The van der Waals surface area contributed by atoms with Crippen molar-refractivity contribution >= 4 is 32.7 Å². The van der Waals surface area contributed by atoms with E-state index < -0.39 is 10.0 Å². The van der Waals surface area contributed by atoms with Crippen molar-refractivity contribution < 1.29 is 8.42 Å². The molecule has 0 saturated carbocycles. The molecule has 7 heteroatoms. The molecular formula is C22H28N4O2S. The molecule has 2 N–H and O–H groups in total. The van der Waals surface area contributed by atoms with E-state index >= 15 is 0 Å². The molecule has 154 valence electrons. The van der Waals surface area contributed by atoms with E-state index in [2.05, 4.69) is 26.9 Å². The summed E-state index contributed by atoms with van der Waals surface area (Å²) in [5, 5.41) is 3.26. The highest BCUT2D eigenvalue weighted by Crippen LogP contribution is 2.25. The second-order valence-corrected chi connectivity index (χ2v) is 8.93. The van der Waals surface area contributed by atoms with Crippen molar-refractivity contribution in [1.29, 1.82) is 0 Å². The Kier molecular flexibility index (Phi) is 6.69.